The highest BCUT2D eigenvalue weighted by Crippen LogP contribution is 2.67. The maximum absolute atomic E-state index is 12.1. The van der Waals surface area contributed by atoms with Crippen LogP contribution in [0.15, 0.2) is 11.6 Å². The van der Waals surface area contributed by atoms with Crippen LogP contribution in [0.1, 0.15) is 99.3 Å². The molecule has 0 aromatic carbocycles. The van der Waals surface area contributed by atoms with Gasteiger partial charge in [0.05, 0.1) is 37.6 Å². The number of ether oxygens (including phenoxy) is 7. The molecule has 400 valence electrons. The van der Waals surface area contributed by atoms with Crippen molar-refractivity contribution in [3.05, 3.63) is 11.6 Å². The standard InChI is InChI=1S/C45H76O22S2/c1-20(2)30(67-69(56,57)58)11-8-21(3)25-9-10-26-24-17-31(28-16-23(66-68(53,54)55)12-14-45(28,6)27(24)13-15-44(25,26)5)62-42-37(52)39(35(50)32(18-46)63-42)64-43-40(34(49)29(47)19-60-43)65-41-36(51)38(59-7)33(48)22(4)61-41/h13,20-26,28-43,46-52H,8-12,14-19H2,1-7H3,(H,53,54,55)(H,56,57,58)/t21-,22-,23+,24?,25-,26?,28?,29-,30+,31+,32-,33+,34+,35-,36-,37-,38+,39+,40-,41-,42-,43+,44-,45-/m1/s1. The van der Waals surface area contributed by atoms with Crippen LogP contribution in [-0.2, 0) is 62.3 Å². The number of aliphatic hydroxyl groups is 7. The minimum Gasteiger partial charge on any atom is -0.394 e. The SMILES string of the molecule is CO[C@H]1[C@@H](O)[C@@H](C)O[C@H](O[C@H]2[C@H](O[C@@H]3[C@@H](O)[C@H](O[C@H]4CC5C(=CC[C@@]6(C)C5CC[C@@H]6[C@H](C)CC[C@H](OS(=O)(=O)O)C(C)C)[C@@]5(C)CC[C@H](OS(=O)(=O)O)CC45)O[C@H](CO)[C@H]3O)OC[C@@H](O)[C@@H]2O)[C@@H]1O. The molecule has 7 aliphatic rings. The first-order valence-corrected chi connectivity index (χ1v) is 27.1. The van der Waals surface area contributed by atoms with Crippen molar-refractivity contribution < 1.29 is 103 Å². The summed E-state index contributed by atoms with van der Waals surface area (Å²) in [5.74, 6) is -0.0633. The lowest BCUT2D eigenvalue weighted by molar-refractivity contribution is -0.381. The zero-order chi connectivity index (χ0) is 50.7. The minimum absolute atomic E-state index is 0.0371. The second-order valence-electron chi connectivity index (χ2n) is 21.5. The zero-order valence-corrected chi connectivity index (χ0v) is 41.9. The van der Waals surface area contributed by atoms with E-state index in [2.05, 4.69) is 26.8 Å². The van der Waals surface area contributed by atoms with Gasteiger partial charge < -0.3 is 68.9 Å². The third-order valence-corrected chi connectivity index (χ3v) is 18.1. The van der Waals surface area contributed by atoms with E-state index in [9.17, 15) is 61.7 Å². The molecule has 24 atom stereocenters. The Kier molecular flexibility index (Phi) is 17.5. The molecule has 0 spiro atoms. The summed E-state index contributed by atoms with van der Waals surface area (Å²) in [6.07, 6.45) is -16.1. The summed E-state index contributed by atoms with van der Waals surface area (Å²) in [6.45, 7) is 10.5. The Morgan fingerprint density at radius 2 is 1.43 bits per heavy atom. The van der Waals surface area contributed by atoms with Gasteiger partial charge in [0.25, 0.3) is 0 Å². The van der Waals surface area contributed by atoms with Gasteiger partial charge in [-0.1, -0.05) is 46.3 Å². The largest absolute Gasteiger partial charge is 0.397 e. The lowest BCUT2D eigenvalue weighted by Crippen LogP contribution is -2.65. The Bertz CT molecular complexity index is 1990. The van der Waals surface area contributed by atoms with Crippen molar-refractivity contribution in [2.45, 2.75) is 204 Å². The molecule has 3 saturated heterocycles. The predicted molar refractivity (Wildman–Crippen MR) is 238 cm³/mol. The normalized spacial score (nSPS) is 47.2. The summed E-state index contributed by atoms with van der Waals surface area (Å²) in [5.41, 5.74) is 0.464. The second-order valence-corrected chi connectivity index (χ2v) is 23.6. The molecular formula is C45H76O22S2. The molecule has 0 aromatic rings. The Hall–Kier alpha value is -1.08. The fourth-order valence-electron chi connectivity index (χ4n) is 13.4. The van der Waals surface area contributed by atoms with Gasteiger partial charge in [0.15, 0.2) is 18.9 Å². The van der Waals surface area contributed by atoms with Crippen LogP contribution in [0.4, 0.5) is 0 Å². The number of rotatable bonds is 17. The summed E-state index contributed by atoms with van der Waals surface area (Å²) in [6, 6.07) is 0. The number of aliphatic hydroxyl groups excluding tert-OH is 7. The smallest absolute Gasteiger partial charge is 0.394 e. The summed E-state index contributed by atoms with van der Waals surface area (Å²) < 4.78 is 119. The summed E-state index contributed by atoms with van der Waals surface area (Å²) >= 11 is 0. The molecule has 22 nitrogen and oxygen atoms in total. The first-order valence-electron chi connectivity index (χ1n) is 24.3. The number of hydrogen-bond donors (Lipinski definition) is 9. The van der Waals surface area contributed by atoms with E-state index in [4.69, 9.17) is 41.5 Å². The Morgan fingerprint density at radius 3 is 2.07 bits per heavy atom. The predicted octanol–water partition coefficient (Wildman–Crippen LogP) is 0.778. The van der Waals surface area contributed by atoms with Crippen LogP contribution in [-0.4, -0.2) is 186 Å². The molecule has 24 heteroatoms. The quantitative estimate of drug-likeness (QED) is 0.0718. The Morgan fingerprint density at radius 1 is 0.768 bits per heavy atom. The lowest BCUT2D eigenvalue weighted by atomic mass is 9.47. The molecular weight excluding hydrogens is 957 g/mol. The monoisotopic (exact) mass is 1030 g/mol. The number of allylic oxidation sites excluding steroid dienone is 2. The highest BCUT2D eigenvalue weighted by atomic mass is 32.3. The molecule has 0 radical (unpaired) electrons. The zero-order valence-electron chi connectivity index (χ0n) is 40.3. The van der Waals surface area contributed by atoms with Crippen molar-refractivity contribution >= 4 is 20.8 Å². The van der Waals surface area contributed by atoms with Crippen LogP contribution in [0, 0.1) is 46.3 Å². The summed E-state index contributed by atoms with van der Waals surface area (Å²) in [7, 11) is -8.19. The molecule has 69 heavy (non-hydrogen) atoms. The molecule has 6 fully saturated rings. The van der Waals surface area contributed by atoms with Crippen LogP contribution in [0.2, 0.25) is 0 Å². The number of fused-ring (bicyclic) bond motifs is 5. The topological polar surface area (TPSA) is 333 Å². The molecule has 9 N–H and O–H groups in total. The minimum atomic E-state index is -4.83. The van der Waals surface area contributed by atoms with Gasteiger partial charge in [-0.25, -0.2) is 8.37 Å². The Balaban J connectivity index is 1.14. The van der Waals surface area contributed by atoms with E-state index in [1.165, 1.54) is 19.6 Å². The van der Waals surface area contributed by atoms with Gasteiger partial charge in [-0.05, 0) is 111 Å². The van der Waals surface area contributed by atoms with Crippen molar-refractivity contribution in [1.82, 2.24) is 0 Å². The van der Waals surface area contributed by atoms with E-state index in [1.807, 2.05) is 13.8 Å². The van der Waals surface area contributed by atoms with E-state index in [-0.39, 0.29) is 41.4 Å². The van der Waals surface area contributed by atoms with Crippen molar-refractivity contribution in [2.24, 2.45) is 46.3 Å². The van der Waals surface area contributed by atoms with E-state index in [0.717, 1.165) is 19.3 Å². The van der Waals surface area contributed by atoms with Gasteiger partial charge in [-0.3, -0.25) is 9.11 Å². The van der Waals surface area contributed by atoms with Crippen molar-refractivity contribution in [2.75, 3.05) is 20.3 Å². The van der Waals surface area contributed by atoms with E-state index in [0.29, 0.717) is 32.1 Å². The first kappa shape index (κ1) is 55.7. The molecule has 7 rings (SSSR count). The van der Waals surface area contributed by atoms with E-state index >= 15 is 0 Å². The van der Waals surface area contributed by atoms with Crippen molar-refractivity contribution in [3.8, 4) is 0 Å². The Labute approximate surface area is 404 Å². The fraction of sp³-hybridized carbons (Fsp3) is 0.956. The number of methoxy groups -OCH3 is 1. The van der Waals surface area contributed by atoms with Crippen LogP contribution in [0.5, 0.6) is 0 Å². The van der Waals surface area contributed by atoms with Crippen molar-refractivity contribution in [1.29, 1.82) is 0 Å². The van der Waals surface area contributed by atoms with E-state index in [1.54, 1.807) is 0 Å². The van der Waals surface area contributed by atoms with Crippen molar-refractivity contribution in [3.63, 3.8) is 0 Å². The summed E-state index contributed by atoms with van der Waals surface area (Å²) in [4.78, 5) is 0. The third-order valence-electron chi connectivity index (χ3n) is 17.1. The number of hydrogen-bond acceptors (Lipinski definition) is 20. The van der Waals surface area contributed by atoms with Gasteiger partial charge in [-0.2, -0.15) is 16.8 Å². The highest BCUT2D eigenvalue weighted by molar-refractivity contribution is 7.81. The fourth-order valence-corrected chi connectivity index (χ4v) is 14.5. The van der Waals surface area contributed by atoms with Gasteiger partial charge in [0.2, 0.25) is 0 Å². The maximum Gasteiger partial charge on any atom is 0.397 e. The van der Waals surface area contributed by atoms with Crippen LogP contribution in [0.3, 0.4) is 0 Å². The third kappa shape index (κ3) is 11.6. The first-order chi connectivity index (χ1) is 32.2. The van der Waals surface area contributed by atoms with E-state index < -0.39 is 150 Å². The van der Waals surface area contributed by atoms with Gasteiger partial charge in [-0.15, -0.1) is 0 Å². The average molecular weight is 1030 g/mol. The molecule has 3 heterocycles. The maximum atomic E-state index is 12.1. The van der Waals surface area contributed by atoms with Crippen LogP contribution in [0.25, 0.3) is 0 Å². The van der Waals surface area contributed by atoms with Gasteiger partial charge in [0, 0.05) is 7.11 Å². The molecule has 3 saturated carbocycles. The van der Waals surface area contributed by atoms with Crippen LogP contribution >= 0.6 is 0 Å². The highest BCUT2D eigenvalue weighted by Gasteiger charge is 2.62. The molecule has 4 aliphatic carbocycles. The molecule has 0 amide bonds. The second kappa shape index (κ2) is 21.6. The van der Waals surface area contributed by atoms with Gasteiger partial charge in [0.1, 0.15) is 61.0 Å². The van der Waals surface area contributed by atoms with Gasteiger partial charge >= 0.3 is 20.8 Å². The average Bonchev–Trinajstić information content (AvgIpc) is 3.63. The van der Waals surface area contributed by atoms with Crippen LogP contribution < -0.4 is 0 Å². The lowest BCUT2D eigenvalue weighted by Gasteiger charge is -2.59. The molecule has 3 aliphatic heterocycles. The molecule has 0 bridgehead atoms. The summed E-state index contributed by atoms with van der Waals surface area (Å²) in [5, 5.41) is 77.5. The molecule has 0 aromatic heterocycles. The molecule has 3 unspecified atom stereocenters.